The van der Waals surface area contributed by atoms with E-state index in [0.29, 0.717) is 0 Å². The van der Waals surface area contributed by atoms with E-state index in [1.165, 1.54) is 22.3 Å². The van der Waals surface area contributed by atoms with Gasteiger partial charge in [-0.2, -0.15) is 0 Å². The monoisotopic (exact) mass is 244 g/mol. The Morgan fingerprint density at radius 1 is 1.06 bits per heavy atom. The first-order valence-electron chi connectivity index (χ1n) is 6.44. The minimum absolute atomic E-state index is 0.178. The van der Waals surface area contributed by atoms with Crippen molar-refractivity contribution in [1.82, 2.24) is 0 Å². The number of carbonyl (C=O) groups excluding carboxylic acids is 1. The van der Waals surface area contributed by atoms with E-state index in [9.17, 15) is 4.79 Å². The van der Waals surface area contributed by atoms with Gasteiger partial charge in [0.1, 0.15) is 0 Å². The number of hydrogen-bond donors (Lipinski definition) is 0. The van der Waals surface area contributed by atoms with Gasteiger partial charge in [0.15, 0.2) is 5.78 Å². The summed E-state index contributed by atoms with van der Waals surface area (Å²) in [5.41, 5.74) is 5.79. The highest BCUT2D eigenvalue weighted by Gasteiger charge is 2.19. The van der Waals surface area contributed by atoms with E-state index in [2.05, 4.69) is 32.9 Å². The van der Waals surface area contributed by atoms with E-state index in [0.717, 1.165) is 5.57 Å². The molecule has 98 valence electrons. The van der Waals surface area contributed by atoms with Gasteiger partial charge in [0.25, 0.3) is 0 Å². The van der Waals surface area contributed by atoms with E-state index < -0.39 is 0 Å². The maximum Gasteiger partial charge on any atom is 0.161 e. The van der Waals surface area contributed by atoms with Crippen molar-refractivity contribution in [3.63, 3.8) is 0 Å². The summed E-state index contributed by atoms with van der Waals surface area (Å²) in [5.74, 6) is 0.178. The van der Waals surface area contributed by atoms with Crippen molar-refractivity contribution in [1.29, 1.82) is 0 Å². The van der Waals surface area contributed by atoms with Crippen LogP contribution in [0.3, 0.4) is 0 Å². The highest BCUT2D eigenvalue weighted by Crippen LogP contribution is 2.25. The summed E-state index contributed by atoms with van der Waals surface area (Å²) in [6, 6.07) is 4.23. The maximum atomic E-state index is 12.0. The number of rotatable bonds is 2. The lowest BCUT2D eigenvalue weighted by atomic mass is 9.87. The smallest absolute Gasteiger partial charge is 0.161 e. The number of hydrogen-bond acceptors (Lipinski definition) is 1. The summed E-state index contributed by atoms with van der Waals surface area (Å²) >= 11 is 0. The van der Waals surface area contributed by atoms with Crippen LogP contribution in [-0.4, -0.2) is 5.78 Å². The van der Waals surface area contributed by atoms with Crippen LogP contribution in [0.1, 0.15) is 49.9 Å². The summed E-state index contributed by atoms with van der Waals surface area (Å²) in [4.78, 5) is 12.0. The fraction of sp³-hybridized carbons (Fsp3) is 0.471. The molecule has 0 aliphatic rings. The number of aryl methyl sites for hydroxylation is 1. The number of ketones is 1. The molecule has 1 rings (SSSR count). The van der Waals surface area contributed by atoms with Crippen molar-refractivity contribution in [3.8, 4) is 0 Å². The lowest BCUT2D eigenvalue weighted by Gasteiger charge is -2.16. The van der Waals surface area contributed by atoms with Crippen LogP contribution in [0.4, 0.5) is 0 Å². The first-order valence-corrected chi connectivity index (χ1v) is 6.44. The minimum Gasteiger partial charge on any atom is -0.294 e. The van der Waals surface area contributed by atoms with Crippen LogP contribution >= 0.6 is 0 Å². The number of allylic oxidation sites excluding steroid dienone is 2. The topological polar surface area (TPSA) is 17.1 Å². The van der Waals surface area contributed by atoms with Crippen molar-refractivity contribution >= 4 is 11.4 Å². The van der Waals surface area contributed by atoms with Gasteiger partial charge in [-0.1, -0.05) is 32.9 Å². The Kier molecular flexibility index (Phi) is 4.16. The predicted octanol–water partition coefficient (Wildman–Crippen LogP) is 4.63. The molecule has 0 aliphatic heterocycles. The molecule has 0 aliphatic carbocycles. The summed E-state index contributed by atoms with van der Waals surface area (Å²) in [6.45, 7) is 14.2. The van der Waals surface area contributed by atoms with E-state index in [1.807, 2.05) is 27.7 Å². The molecule has 0 saturated heterocycles. The molecular formula is C17H24O. The summed E-state index contributed by atoms with van der Waals surface area (Å²) < 4.78 is 0. The Balaban J connectivity index is 3.20. The molecule has 1 aromatic carbocycles. The SMILES string of the molecule is CC(=CC(=O)C(C)(C)C)c1ccc(C)c(C)c1C. The number of carbonyl (C=O) groups is 1. The van der Waals surface area contributed by atoms with Gasteiger partial charge in [0, 0.05) is 5.41 Å². The second-order valence-electron chi connectivity index (χ2n) is 6.12. The zero-order valence-corrected chi connectivity index (χ0v) is 12.6. The standard InChI is InChI=1S/C17H24O/c1-11-8-9-15(14(4)13(11)3)12(2)10-16(18)17(5,6)7/h8-10H,1-7H3. The molecule has 0 fully saturated rings. The molecule has 0 bridgehead atoms. The summed E-state index contributed by atoms with van der Waals surface area (Å²) in [5, 5.41) is 0. The van der Waals surface area contributed by atoms with Gasteiger partial charge in [-0.3, -0.25) is 4.79 Å². The molecule has 1 aromatic rings. The van der Waals surface area contributed by atoms with Crippen molar-refractivity contribution in [2.75, 3.05) is 0 Å². The molecule has 0 amide bonds. The second kappa shape index (κ2) is 5.09. The van der Waals surface area contributed by atoms with Gasteiger partial charge in [0.2, 0.25) is 0 Å². The highest BCUT2D eigenvalue weighted by molar-refractivity contribution is 5.99. The van der Waals surface area contributed by atoms with E-state index in [1.54, 1.807) is 6.08 Å². The molecule has 0 radical (unpaired) electrons. The Labute approximate surface area is 111 Å². The van der Waals surface area contributed by atoms with Crippen molar-refractivity contribution in [3.05, 3.63) is 40.5 Å². The Morgan fingerprint density at radius 3 is 2.11 bits per heavy atom. The third-order valence-electron chi connectivity index (χ3n) is 3.57. The molecule has 1 nitrogen and oxygen atoms in total. The zero-order valence-electron chi connectivity index (χ0n) is 12.6. The van der Waals surface area contributed by atoms with E-state index in [4.69, 9.17) is 0 Å². The second-order valence-corrected chi connectivity index (χ2v) is 6.12. The fourth-order valence-electron chi connectivity index (χ4n) is 1.87. The molecule has 0 spiro atoms. The largest absolute Gasteiger partial charge is 0.294 e. The molecular weight excluding hydrogens is 220 g/mol. The van der Waals surface area contributed by atoms with Crippen LogP contribution in [0.25, 0.3) is 5.57 Å². The van der Waals surface area contributed by atoms with Gasteiger partial charge in [-0.15, -0.1) is 0 Å². The molecule has 0 aromatic heterocycles. The Hall–Kier alpha value is -1.37. The van der Waals surface area contributed by atoms with E-state index >= 15 is 0 Å². The van der Waals surface area contributed by atoms with Crippen LogP contribution in [0.15, 0.2) is 18.2 Å². The first-order chi connectivity index (χ1) is 8.14. The predicted molar refractivity (Wildman–Crippen MR) is 78.8 cm³/mol. The van der Waals surface area contributed by atoms with Crippen LogP contribution in [0.2, 0.25) is 0 Å². The van der Waals surface area contributed by atoms with E-state index in [-0.39, 0.29) is 11.2 Å². The average molecular weight is 244 g/mol. The van der Waals surface area contributed by atoms with Gasteiger partial charge in [-0.05, 0) is 61.6 Å². The molecule has 0 N–H and O–H groups in total. The molecule has 18 heavy (non-hydrogen) atoms. The quantitative estimate of drug-likeness (QED) is 0.693. The van der Waals surface area contributed by atoms with Gasteiger partial charge < -0.3 is 0 Å². The highest BCUT2D eigenvalue weighted by atomic mass is 16.1. The lowest BCUT2D eigenvalue weighted by molar-refractivity contribution is -0.121. The first kappa shape index (κ1) is 14.7. The Morgan fingerprint density at radius 2 is 1.61 bits per heavy atom. The van der Waals surface area contributed by atoms with Crippen molar-refractivity contribution in [2.45, 2.75) is 48.5 Å². The van der Waals surface area contributed by atoms with Gasteiger partial charge >= 0.3 is 0 Å². The molecule has 0 atom stereocenters. The summed E-state index contributed by atoms with van der Waals surface area (Å²) in [6.07, 6.45) is 1.77. The Bertz CT molecular complexity index is 499. The molecule has 0 heterocycles. The molecule has 1 heteroatoms. The summed E-state index contributed by atoms with van der Waals surface area (Å²) in [7, 11) is 0. The van der Waals surface area contributed by atoms with Crippen LogP contribution in [0.5, 0.6) is 0 Å². The van der Waals surface area contributed by atoms with Gasteiger partial charge in [-0.25, -0.2) is 0 Å². The zero-order chi connectivity index (χ0) is 14.1. The average Bonchev–Trinajstić information content (AvgIpc) is 2.24. The van der Waals surface area contributed by atoms with Crippen molar-refractivity contribution < 1.29 is 4.79 Å². The lowest BCUT2D eigenvalue weighted by Crippen LogP contribution is -2.17. The van der Waals surface area contributed by atoms with Crippen LogP contribution in [-0.2, 0) is 4.79 Å². The third-order valence-corrected chi connectivity index (χ3v) is 3.57. The molecule has 0 unspecified atom stereocenters. The third kappa shape index (κ3) is 3.10. The minimum atomic E-state index is -0.311. The van der Waals surface area contributed by atoms with Crippen LogP contribution < -0.4 is 0 Å². The maximum absolute atomic E-state index is 12.0. The van der Waals surface area contributed by atoms with Crippen molar-refractivity contribution in [2.24, 2.45) is 5.41 Å². The normalized spacial score (nSPS) is 12.7. The molecule has 0 saturated carbocycles. The number of benzene rings is 1. The van der Waals surface area contributed by atoms with Gasteiger partial charge in [0.05, 0.1) is 0 Å². The van der Waals surface area contributed by atoms with Crippen LogP contribution in [0, 0.1) is 26.2 Å². The fourth-order valence-corrected chi connectivity index (χ4v) is 1.87.